The molecule has 0 saturated carbocycles. The molecule has 1 aromatic rings. The Morgan fingerprint density at radius 3 is 2.76 bits per heavy atom. The van der Waals surface area contributed by atoms with E-state index in [0.29, 0.717) is 11.1 Å². The molecule has 2 saturated heterocycles. The molecule has 6 nitrogen and oxygen atoms in total. The van der Waals surface area contributed by atoms with E-state index < -0.39 is 5.60 Å². The highest BCUT2D eigenvalue weighted by molar-refractivity contribution is 6.29. The molecule has 0 N–H and O–H groups in total. The van der Waals surface area contributed by atoms with Gasteiger partial charge in [-0.3, -0.25) is 4.98 Å². The van der Waals surface area contributed by atoms with Gasteiger partial charge in [-0.05, 0) is 20.8 Å². The van der Waals surface area contributed by atoms with Crippen molar-refractivity contribution in [1.82, 2.24) is 14.9 Å². The summed E-state index contributed by atoms with van der Waals surface area (Å²) in [6.45, 7) is 8.00. The number of carbonyl (C=O) groups excluding carboxylic acids is 1. The number of nitrogens with zero attached hydrogens (tertiary/aromatic N) is 4. The Labute approximate surface area is 129 Å². The first kappa shape index (κ1) is 14.4. The van der Waals surface area contributed by atoms with E-state index in [1.165, 1.54) is 6.20 Å². The van der Waals surface area contributed by atoms with Gasteiger partial charge in [0.2, 0.25) is 0 Å². The molecular formula is C14H19ClN4O2. The second-order valence-corrected chi connectivity index (χ2v) is 6.95. The van der Waals surface area contributed by atoms with E-state index in [1.54, 1.807) is 11.1 Å². The van der Waals surface area contributed by atoms with Crippen LogP contribution in [0.15, 0.2) is 12.4 Å². The highest BCUT2D eigenvalue weighted by Gasteiger charge is 2.49. The Morgan fingerprint density at radius 2 is 2.10 bits per heavy atom. The topological polar surface area (TPSA) is 58.6 Å². The van der Waals surface area contributed by atoms with E-state index in [2.05, 4.69) is 14.9 Å². The van der Waals surface area contributed by atoms with Gasteiger partial charge >= 0.3 is 6.09 Å². The summed E-state index contributed by atoms with van der Waals surface area (Å²) in [5.41, 5.74) is -0.459. The Bertz CT molecular complexity index is 560. The zero-order chi connectivity index (χ0) is 15.2. The van der Waals surface area contributed by atoms with Crippen LogP contribution >= 0.6 is 11.6 Å². The third-order valence-corrected chi connectivity index (χ3v) is 3.96. The number of halogens is 1. The average Bonchev–Trinajstić information content (AvgIpc) is 2.65. The van der Waals surface area contributed by atoms with E-state index in [0.717, 1.165) is 25.5 Å². The van der Waals surface area contributed by atoms with Gasteiger partial charge in [-0.15, -0.1) is 0 Å². The Balaban J connectivity index is 1.64. The molecule has 21 heavy (non-hydrogen) atoms. The maximum Gasteiger partial charge on any atom is 0.410 e. The van der Waals surface area contributed by atoms with Gasteiger partial charge in [-0.2, -0.15) is 0 Å². The Kier molecular flexibility index (Phi) is 3.43. The summed E-state index contributed by atoms with van der Waals surface area (Å²) in [7, 11) is 0. The molecule has 2 aliphatic rings. The van der Waals surface area contributed by atoms with Crippen LogP contribution in [0, 0.1) is 5.92 Å². The molecule has 3 rings (SSSR count). The fraction of sp³-hybridized carbons (Fsp3) is 0.643. The first-order valence-corrected chi connectivity index (χ1v) is 7.43. The van der Waals surface area contributed by atoms with Gasteiger partial charge in [0.15, 0.2) is 0 Å². The molecule has 0 bridgehead atoms. The minimum Gasteiger partial charge on any atom is -0.444 e. The largest absolute Gasteiger partial charge is 0.444 e. The first-order valence-electron chi connectivity index (χ1n) is 7.05. The van der Waals surface area contributed by atoms with E-state index in [9.17, 15) is 4.79 Å². The summed E-state index contributed by atoms with van der Waals surface area (Å²) in [5, 5.41) is 0.385. The summed E-state index contributed by atoms with van der Waals surface area (Å²) in [4.78, 5) is 24.4. The Hall–Kier alpha value is -1.56. The standard InChI is InChI=1S/C14H19ClN4O2/c1-14(2,3)21-13(20)19-7-9-6-18(8-10(9)19)12-5-16-4-11(15)17-12/h4-5,9-10H,6-8H2,1-3H3. The van der Waals surface area contributed by atoms with Crippen molar-refractivity contribution in [2.24, 2.45) is 5.92 Å². The van der Waals surface area contributed by atoms with Crippen LogP contribution in [0.25, 0.3) is 0 Å². The normalized spacial score (nSPS) is 24.6. The van der Waals surface area contributed by atoms with Crippen LogP contribution in [-0.2, 0) is 4.74 Å². The lowest BCUT2D eigenvalue weighted by Crippen LogP contribution is -2.59. The number of aromatic nitrogens is 2. The summed E-state index contributed by atoms with van der Waals surface area (Å²) in [6, 6.07) is 0.195. The third kappa shape index (κ3) is 2.90. The zero-order valence-corrected chi connectivity index (χ0v) is 13.2. The summed E-state index contributed by atoms with van der Waals surface area (Å²) in [6.07, 6.45) is 2.99. The van der Waals surface area contributed by atoms with Crippen LogP contribution in [0.2, 0.25) is 5.15 Å². The molecule has 1 aromatic heterocycles. The minimum absolute atomic E-state index is 0.195. The molecule has 2 aliphatic heterocycles. The summed E-state index contributed by atoms with van der Waals surface area (Å²) >= 11 is 5.88. The van der Waals surface area contributed by atoms with E-state index in [4.69, 9.17) is 16.3 Å². The smallest absolute Gasteiger partial charge is 0.410 e. The number of carbonyl (C=O) groups is 1. The number of ether oxygens (including phenoxy) is 1. The maximum atomic E-state index is 12.1. The fourth-order valence-corrected chi connectivity index (χ4v) is 2.98. The lowest BCUT2D eigenvalue weighted by atomic mass is 9.93. The predicted octanol–water partition coefficient (Wildman–Crippen LogP) is 2.19. The lowest BCUT2D eigenvalue weighted by molar-refractivity contribution is -0.0163. The van der Waals surface area contributed by atoms with Crippen LogP contribution in [0.1, 0.15) is 20.8 Å². The van der Waals surface area contributed by atoms with Crippen molar-refractivity contribution in [3.8, 4) is 0 Å². The van der Waals surface area contributed by atoms with Crippen LogP contribution in [0.5, 0.6) is 0 Å². The molecule has 7 heteroatoms. The number of hydrogen-bond acceptors (Lipinski definition) is 5. The molecular weight excluding hydrogens is 292 g/mol. The number of hydrogen-bond donors (Lipinski definition) is 0. The van der Waals surface area contributed by atoms with E-state index >= 15 is 0 Å². The average molecular weight is 311 g/mol. The zero-order valence-electron chi connectivity index (χ0n) is 12.4. The molecule has 114 valence electrons. The fourth-order valence-electron chi connectivity index (χ4n) is 2.84. The monoisotopic (exact) mass is 310 g/mol. The third-order valence-electron chi connectivity index (χ3n) is 3.78. The van der Waals surface area contributed by atoms with Gasteiger partial charge < -0.3 is 14.5 Å². The predicted molar refractivity (Wildman–Crippen MR) is 79.5 cm³/mol. The van der Waals surface area contributed by atoms with Gasteiger partial charge in [-0.1, -0.05) is 11.6 Å². The lowest BCUT2D eigenvalue weighted by Gasteiger charge is -2.43. The molecule has 2 atom stereocenters. The van der Waals surface area contributed by atoms with Gasteiger partial charge in [-0.25, -0.2) is 9.78 Å². The van der Waals surface area contributed by atoms with Crippen molar-refractivity contribution in [2.45, 2.75) is 32.4 Å². The second-order valence-electron chi connectivity index (χ2n) is 6.57. The van der Waals surface area contributed by atoms with Gasteiger partial charge in [0.1, 0.15) is 16.6 Å². The van der Waals surface area contributed by atoms with Crippen molar-refractivity contribution >= 4 is 23.5 Å². The Morgan fingerprint density at radius 1 is 1.33 bits per heavy atom. The number of amides is 1. The van der Waals surface area contributed by atoms with Crippen molar-refractivity contribution < 1.29 is 9.53 Å². The molecule has 2 fully saturated rings. The van der Waals surface area contributed by atoms with Crippen molar-refractivity contribution in [2.75, 3.05) is 24.5 Å². The van der Waals surface area contributed by atoms with Crippen LogP contribution in [0.4, 0.5) is 10.6 Å². The second kappa shape index (κ2) is 5.02. The van der Waals surface area contributed by atoms with Crippen molar-refractivity contribution in [1.29, 1.82) is 0 Å². The molecule has 1 amide bonds. The SMILES string of the molecule is CC(C)(C)OC(=O)N1CC2CN(c3cncc(Cl)n3)CC21. The van der Waals surface area contributed by atoms with Gasteiger partial charge in [0.05, 0.1) is 18.4 Å². The number of rotatable bonds is 1. The van der Waals surface area contributed by atoms with Crippen LogP contribution < -0.4 is 4.90 Å². The van der Waals surface area contributed by atoms with Crippen LogP contribution in [-0.4, -0.2) is 52.2 Å². The quantitative estimate of drug-likeness (QED) is 0.796. The van der Waals surface area contributed by atoms with E-state index in [-0.39, 0.29) is 12.1 Å². The van der Waals surface area contributed by atoms with Crippen LogP contribution in [0.3, 0.4) is 0 Å². The number of fused-ring (bicyclic) bond motifs is 1. The summed E-state index contributed by atoms with van der Waals surface area (Å²) < 4.78 is 5.43. The number of likely N-dealkylation sites (tertiary alicyclic amines) is 1. The summed E-state index contributed by atoms with van der Waals surface area (Å²) in [5.74, 6) is 1.24. The molecule has 3 heterocycles. The minimum atomic E-state index is -0.459. The van der Waals surface area contributed by atoms with Crippen molar-refractivity contribution in [3.05, 3.63) is 17.5 Å². The van der Waals surface area contributed by atoms with Gasteiger partial charge in [0, 0.05) is 25.6 Å². The first-order chi connectivity index (χ1) is 9.83. The van der Waals surface area contributed by atoms with Crippen molar-refractivity contribution in [3.63, 3.8) is 0 Å². The highest BCUT2D eigenvalue weighted by Crippen LogP contribution is 2.35. The molecule has 0 radical (unpaired) electrons. The van der Waals surface area contributed by atoms with Gasteiger partial charge in [0.25, 0.3) is 0 Å². The molecule has 0 aliphatic carbocycles. The molecule has 2 unspecified atom stereocenters. The molecule has 0 aromatic carbocycles. The number of anilines is 1. The highest BCUT2D eigenvalue weighted by atomic mass is 35.5. The maximum absolute atomic E-state index is 12.1. The molecule has 0 spiro atoms. The van der Waals surface area contributed by atoms with E-state index in [1.807, 2.05) is 20.8 Å².